The van der Waals surface area contributed by atoms with E-state index in [1.807, 2.05) is 19.9 Å². The van der Waals surface area contributed by atoms with Gasteiger partial charge in [-0.05, 0) is 31.8 Å². The molecule has 0 amide bonds. The first kappa shape index (κ1) is 17.4. The fourth-order valence-corrected chi connectivity index (χ4v) is 2.76. The van der Waals surface area contributed by atoms with E-state index < -0.39 is 0 Å². The molecule has 0 saturated heterocycles. The molecule has 1 rings (SSSR count). The zero-order chi connectivity index (χ0) is 16.0. The zero-order valence-corrected chi connectivity index (χ0v) is 13.8. The normalized spacial score (nSPS) is 27.5. The van der Waals surface area contributed by atoms with Gasteiger partial charge in [-0.3, -0.25) is 0 Å². The average Bonchev–Trinajstić information content (AvgIpc) is 2.43. The lowest BCUT2D eigenvalue weighted by molar-refractivity contribution is 0.00391. The van der Waals surface area contributed by atoms with Crippen LogP contribution in [0.1, 0.15) is 41.0 Å². The molecule has 1 aliphatic heterocycles. The van der Waals surface area contributed by atoms with Gasteiger partial charge in [-0.15, -0.1) is 0 Å². The molecule has 0 spiro atoms. The van der Waals surface area contributed by atoms with Crippen LogP contribution in [0.4, 0.5) is 0 Å². The van der Waals surface area contributed by atoms with E-state index in [1.54, 1.807) is 5.94 Å². The minimum absolute atomic E-state index is 0.00796. The SMILES string of the molecule is C=C(C)NC1C=C(C)OC(C(C)C(C)CC)C1NC=C=O. The Hall–Kier alpha value is -1.67. The van der Waals surface area contributed by atoms with Gasteiger partial charge < -0.3 is 15.4 Å². The molecule has 0 aliphatic carbocycles. The molecule has 0 aromatic carbocycles. The third-order valence-electron chi connectivity index (χ3n) is 4.28. The number of rotatable bonds is 7. The van der Waals surface area contributed by atoms with E-state index in [1.165, 1.54) is 6.20 Å². The second-order valence-electron chi connectivity index (χ2n) is 6.01. The van der Waals surface area contributed by atoms with Crippen molar-refractivity contribution in [3.8, 4) is 0 Å². The number of hydrogen-bond acceptors (Lipinski definition) is 4. The summed E-state index contributed by atoms with van der Waals surface area (Å²) in [5.74, 6) is 3.60. The van der Waals surface area contributed by atoms with Crippen molar-refractivity contribution in [2.75, 3.05) is 0 Å². The molecule has 0 bridgehead atoms. The van der Waals surface area contributed by atoms with E-state index >= 15 is 0 Å². The quantitative estimate of drug-likeness (QED) is 0.708. The van der Waals surface area contributed by atoms with Crippen LogP contribution >= 0.6 is 0 Å². The van der Waals surface area contributed by atoms with Gasteiger partial charge >= 0.3 is 0 Å². The highest BCUT2D eigenvalue weighted by molar-refractivity contribution is 5.44. The minimum Gasteiger partial charge on any atom is -0.493 e. The lowest BCUT2D eigenvalue weighted by atomic mass is 9.82. The van der Waals surface area contributed by atoms with Crippen LogP contribution in [0.15, 0.2) is 30.3 Å². The molecule has 0 saturated carbocycles. The Labute approximate surface area is 128 Å². The maximum atomic E-state index is 10.6. The maximum Gasteiger partial charge on any atom is 0.141 e. The summed E-state index contributed by atoms with van der Waals surface area (Å²) in [6.45, 7) is 14.4. The zero-order valence-electron chi connectivity index (χ0n) is 13.8. The van der Waals surface area contributed by atoms with Gasteiger partial charge in [-0.1, -0.05) is 33.8 Å². The maximum absolute atomic E-state index is 10.6. The third-order valence-corrected chi connectivity index (χ3v) is 4.28. The highest BCUT2D eigenvalue weighted by Crippen LogP contribution is 2.29. The molecular weight excluding hydrogens is 264 g/mol. The topological polar surface area (TPSA) is 50.4 Å². The van der Waals surface area contributed by atoms with Crippen molar-refractivity contribution in [2.45, 2.75) is 59.2 Å². The molecular formula is C17H28N2O2. The van der Waals surface area contributed by atoms with Crippen LogP contribution in [0, 0.1) is 11.8 Å². The molecule has 0 aromatic heterocycles. The molecule has 0 fully saturated rings. The lowest BCUT2D eigenvalue weighted by Crippen LogP contribution is -2.57. The number of allylic oxidation sites excluding steroid dienone is 2. The van der Waals surface area contributed by atoms with E-state index in [2.05, 4.69) is 38.0 Å². The fourth-order valence-electron chi connectivity index (χ4n) is 2.76. The van der Waals surface area contributed by atoms with E-state index in [-0.39, 0.29) is 18.2 Å². The molecule has 4 nitrogen and oxygen atoms in total. The van der Waals surface area contributed by atoms with Crippen LogP contribution in [0.5, 0.6) is 0 Å². The second-order valence-corrected chi connectivity index (χ2v) is 6.01. The highest BCUT2D eigenvalue weighted by atomic mass is 16.5. The van der Waals surface area contributed by atoms with Crippen LogP contribution in [0.3, 0.4) is 0 Å². The monoisotopic (exact) mass is 292 g/mol. The molecule has 21 heavy (non-hydrogen) atoms. The van der Waals surface area contributed by atoms with E-state index in [4.69, 9.17) is 4.74 Å². The van der Waals surface area contributed by atoms with Gasteiger partial charge in [0.15, 0.2) is 0 Å². The van der Waals surface area contributed by atoms with Gasteiger partial charge in [0.05, 0.1) is 24.0 Å². The van der Waals surface area contributed by atoms with Crippen LogP contribution in [-0.4, -0.2) is 24.1 Å². The van der Waals surface area contributed by atoms with Crippen molar-refractivity contribution in [3.63, 3.8) is 0 Å². The van der Waals surface area contributed by atoms with Crippen molar-refractivity contribution >= 4 is 5.94 Å². The Morgan fingerprint density at radius 2 is 2.24 bits per heavy atom. The molecule has 1 aliphatic rings. The summed E-state index contributed by atoms with van der Waals surface area (Å²) >= 11 is 0. The molecule has 5 atom stereocenters. The molecule has 4 heteroatoms. The summed E-state index contributed by atoms with van der Waals surface area (Å²) in [5, 5.41) is 6.49. The number of nitrogens with one attached hydrogen (secondary N) is 2. The predicted molar refractivity (Wildman–Crippen MR) is 86.2 cm³/mol. The van der Waals surface area contributed by atoms with E-state index in [0.29, 0.717) is 11.8 Å². The second kappa shape index (κ2) is 7.94. The average molecular weight is 292 g/mol. The number of hydrogen-bond donors (Lipinski definition) is 2. The van der Waals surface area contributed by atoms with Gasteiger partial charge in [0.1, 0.15) is 12.0 Å². The third kappa shape index (κ3) is 4.68. The first-order chi connectivity index (χ1) is 9.90. The van der Waals surface area contributed by atoms with Crippen molar-refractivity contribution in [3.05, 3.63) is 30.3 Å². The van der Waals surface area contributed by atoms with Gasteiger partial charge in [-0.25, -0.2) is 4.79 Å². The van der Waals surface area contributed by atoms with Crippen molar-refractivity contribution < 1.29 is 9.53 Å². The standard InChI is InChI=1S/C17H28N2O2/c1-7-12(4)14(6)17-16(18-8-9-20)15(19-11(2)3)10-13(5)21-17/h8,10,12,14-19H,2,7H2,1,3-6H3. The van der Waals surface area contributed by atoms with E-state index in [9.17, 15) is 4.79 Å². The Morgan fingerprint density at radius 3 is 2.76 bits per heavy atom. The Balaban J connectivity index is 3.05. The van der Waals surface area contributed by atoms with Crippen LogP contribution in [0.2, 0.25) is 0 Å². The van der Waals surface area contributed by atoms with Crippen LogP contribution in [-0.2, 0) is 9.53 Å². The smallest absolute Gasteiger partial charge is 0.141 e. The van der Waals surface area contributed by atoms with Gasteiger partial charge in [0.25, 0.3) is 0 Å². The van der Waals surface area contributed by atoms with Crippen molar-refractivity contribution in [2.24, 2.45) is 11.8 Å². The van der Waals surface area contributed by atoms with Gasteiger partial charge in [-0.2, -0.15) is 0 Å². The van der Waals surface area contributed by atoms with Crippen molar-refractivity contribution in [1.82, 2.24) is 10.6 Å². The molecule has 2 N–H and O–H groups in total. The number of carbonyl (C=O) groups excluding carboxylic acids is 1. The molecule has 5 unspecified atom stereocenters. The summed E-state index contributed by atoms with van der Waals surface area (Å²) < 4.78 is 6.07. The molecule has 0 radical (unpaired) electrons. The van der Waals surface area contributed by atoms with Gasteiger partial charge in [0.2, 0.25) is 0 Å². The summed E-state index contributed by atoms with van der Waals surface area (Å²) in [6, 6.07) is 0.00760. The predicted octanol–water partition coefficient (Wildman–Crippen LogP) is 2.77. The fraction of sp³-hybridized carbons (Fsp3) is 0.647. The molecule has 118 valence electrons. The van der Waals surface area contributed by atoms with Crippen LogP contribution in [0.25, 0.3) is 0 Å². The summed E-state index contributed by atoms with van der Waals surface area (Å²) in [7, 11) is 0. The number of ether oxygens (including phenoxy) is 1. The van der Waals surface area contributed by atoms with Crippen LogP contribution < -0.4 is 10.6 Å². The Kier molecular flexibility index (Phi) is 6.57. The summed E-state index contributed by atoms with van der Waals surface area (Å²) in [6.07, 6.45) is 4.45. The van der Waals surface area contributed by atoms with Crippen molar-refractivity contribution in [1.29, 1.82) is 0 Å². The molecule has 1 heterocycles. The first-order valence-electron chi connectivity index (χ1n) is 7.63. The molecule has 0 aromatic rings. The largest absolute Gasteiger partial charge is 0.493 e. The summed E-state index contributed by atoms with van der Waals surface area (Å²) in [4.78, 5) is 10.6. The summed E-state index contributed by atoms with van der Waals surface area (Å²) in [5.41, 5.74) is 0.891. The Morgan fingerprint density at radius 1 is 1.57 bits per heavy atom. The minimum atomic E-state index is -0.0316. The highest BCUT2D eigenvalue weighted by Gasteiger charge is 2.38. The Bertz CT molecular complexity index is 438. The lowest BCUT2D eigenvalue weighted by Gasteiger charge is -2.42. The first-order valence-corrected chi connectivity index (χ1v) is 7.63. The van der Waals surface area contributed by atoms with Gasteiger partial charge in [0, 0.05) is 5.70 Å². The van der Waals surface area contributed by atoms with E-state index in [0.717, 1.165) is 17.9 Å².